The second-order valence-corrected chi connectivity index (χ2v) is 14.1. The standard InChI is InChI=1S/C35H39N3O6S2/c1-5-37(6-2)25-11-16-29-32(21-25)43-33-22-26(38(7-3)8-4)12-17-30(33)35(29)31-18-15-28(23-34(31)45(40)44-35)46(41,42)36-20-19-24-9-13-27(39)14-10-24/h9-18,21-23,36,39H,5-8,19-20H2,1-4H3. The van der Waals surface area contributed by atoms with Gasteiger partial charge in [0.15, 0.2) is 16.7 Å². The van der Waals surface area contributed by atoms with Crippen molar-refractivity contribution in [1.29, 1.82) is 0 Å². The molecule has 4 aromatic carbocycles. The van der Waals surface area contributed by atoms with E-state index in [1.807, 2.05) is 36.4 Å². The Morgan fingerprint density at radius 3 is 1.85 bits per heavy atom. The van der Waals surface area contributed by atoms with E-state index < -0.39 is 26.7 Å². The molecule has 0 amide bonds. The van der Waals surface area contributed by atoms with Gasteiger partial charge in [-0.25, -0.2) is 17.3 Å². The number of hydrogen-bond acceptors (Lipinski definition) is 8. The van der Waals surface area contributed by atoms with Crippen molar-refractivity contribution in [3.05, 3.63) is 101 Å². The average molecular weight is 662 g/mol. The molecule has 11 heteroatoms. The summed E-state index contributed by atoms with van der Waals surface area (Å²) in [6, 6.07) is 23.3. The normalized spacial score (nSPS) is 16.0. The minimum Gasteiger partial charge on any atom is -0.508 e. The Balaban J connectivity index is 1.42. The van der Waals surface area contributed by atoms with Gasteiger partial charge in [-0.3, -0.25) is 4.18 Å². The molecule has 1 atom stereocenters. The van der Waals surface area contributed by atoms with Crippen molar-refractivity contribution >= 4 is 32.5 Å². The molecule has 2 heterocycles. The predicted molar refractivity (Wildman–Crippen MR) is 181 cm³/mol. The quantitative estimate of drug-likeness (QED) is 0.200. The average Bonchev–Trinajstić information content (AvgIpc) is 3.34. The van der Waals surface area contributed by atoms with Crippen molar-refractivity contribution in [3.8, 4) is 17.2 Å². The minimum atomic E-state index is -3.91. The van der Waals surface area contributed by atoms with Crippen LogP contribution >= 0.6 is 0 Å². The summed E-state index contributed by atoms with van der Waals surface area (Å²) in [6.07, 6.45) is 0.446. The van der Waals surface area contributed by atoms with Crippen LogP contribution in [0.3, 0.4) is 0 Å². The molecular formula is C35H39N3O6S2. The first-order valence-electron chi connectivity index (χ1n) is 15.6. The van der Waals surface area contributed by atoms with Crippen molar-refractivity contribution in [2.75, 3.05) is 42.5 Å². The van der Waals surface area contributed by atoms with E-state index in [-0.39, 0.29) is 17.2 Å². The fourth-order valence-electron chi connectivity index (χ4n) is 6.36. The van der Waals surface area contributed by atoms with Gasteiger partial charge in [-0.2, -0.15) is 0 Å². The molecule has 0 saturated heterocycles. The Morgan fingerprint density at radius 1 is 0.761 bits per heavy atom. The first kappa shape index (κ1) is 32.1. The van der Waals surface area contributed by atoms with Crippen LogP contribution in [0.2, 0.25) is 0 Å². The predicted octanol–water partition coefficient (Wildman–Crippen LogP) is 6.06. The summed E-state index contributed by atoms with van der Waals surface area (Å²) in [5.41, 5.74) is 3.66. The molecule has 6 rings (SSSR count). The SMILES string of the molecule is CCN(CC)c1ccc2c(c1)Oc1cc(N(CC)CC)ccc1C21OS(=O)c2cc(S(=O)(=O)NCCc3ccc(O)cc3)ccc21. The van der Waals surface area contributed by atoms with Gasteiger partial charge in [0.1, 0.15) is 17.2 Å². The number of fused-ring (bicyclic) bond motifs is 6. The molecule has 46 heavy (non-hydrogen) atoms. The van der Waals surface area contributed by atoms with Crippen LogP contribution in [0.1, 0.15) is 49.9 Å². The van der Waals surface area contributed by atoms with E-state index in [1.54, 1.807) is 36.4 Å². The van der Waals surface area contributed by atoms with Crippen molar-refractivity contribution < 1.29 is 26.7 Å². The lowest BCUT2D eigenvalue weighted by molar-refractivity contribution is 0.175. The first-order valence-corrected chi connectivity index (χ1v) is 18.2. The molecule has 2 aliphatic rings. The minimum absolute atomic E-state index is 0.00669. The molecule has 0 fully saturated rings. The lowest BCUT2D eigenvalue weighted by Gasteiger charge is -2.37. The third-order valence-corrected chi connectivity index (χ3v) is 11.4. The first-order chi connectivity index (χ1) is 22.1. The van der Waals surface area contributed by atoms with Gasteiger partial charge >= 0.3 is 0 Å². The number of phenolic OH excluding ortho intramolecular Hbond substituents is 1. The Hall–Kier alpha value is -3.90. The van der Waals surface area contributed by atoms with Gasteiger partial charge in [-0.1, -0.05) is 18.2 Å². The number of benzene rings is 4. The Kier molecular flexibility index (Phi) is 8.86. The second-order valence-electron chi connectivity index (χ2n) is 11.3. The van der Waals surface area contributed by atoms with Crippen LogP contribution in [0.4, 0.5) is 11.4 Å². The van der Waals surface area contributed by atoms with E-state index in [1.165, 1.54) is 6.07 Å². The van der Waals surface area contributed by atoms with E-state index in [0.717, 1.165) is 43.1 Å². The number of hydrogen-bond donors (Lipinski definition) is 2. The lowest BCUT2D eigenvalue weighted by atomic mass is 9.78. The zero-order valence-corrected chi connectivity index (χ0v) is 28.1. The van der Waals surface area contributed by atoms with Crippen LogP contribution in [0.15, 0.2) is 88.7 Å². The summed E-state index contributed by atoms with van der Waals surface area (Å²) in [6.45, 7) is 11.9. The highest BCUT2D eigenvalue weighted by molar-refractivity contribution is 7.89. The van der Waals surface area contributed by atoms with Crippen LogP contribution in [0.25, 0.3) is 0 Å². The van der Waals surface area contributed by atoms with E-state index in [4.69, 9.17) is 8.92 Å². The van der Waals surface area contributed by atoms with Gasteiger partial charge in [-0.05, 0) is 88.2 Å². The zero-order chi connectivity index (χ0) is 32.6. The molecule has 2 aliphatic heterocycles. The van der Waals surface area contributed by atoms with E-state index in [9.17, 15) is 17.7 Å². The fraction of sp³-hybridized carbons (Fsp3) is 0.314. The van der Waals surface area contributed by atoms with E-state index >= 15 is 0 Å². The molecule has 0 radical (unpaired) electrons. The highest BCUT2D eigenvalue weighted by Crippen LogP contribution is 2.58. The second kappa shape index (κ2) is 12.7. The molecular weight excluding hydrogens is 623 g/mol. The summed E-state index contributed by atoms with van der Waals surface area (Å²) in [7, 11) is -3.91. The molecule has 9 nitrogen and oxygen atoms in total. The summed E-state index contributed by atoms with van der Waals surface area (Å²) in [4.78, 5) is 4.77. The van der Waals surface area contributed by atoms with Crippen LogP contribution in [-0.2, 0) is 37.3 Å². The molecule has 1 unspecified atom stereocenters. The molecule has 2 N–H and O–H groups in total. The van der Waals surface area contributed by atoms with Gasteiger partial charge in [0.05, 0.1) is 9.79 Å². The monoisotopic (exact) mass is 661 g/mol. The van der Waals surface area contributed by atoms with Crippen molar-refractivity contribution in [2.24, 2.45) is 0 Å². The van der Waals surface area contributed by atoms with E-state index in [2.05, 4.69) is 42.2 Å². The molecule has 4 aromatic rings. The molecule has 242 valence electrons. The van der Waals surface area contributed by atoms with Crippen LogP contribution in [0.5, 0.6) is 17.2 Å². The van der Waals surface area contributed by atoms with E-state index in [0.29, 0.717) is 39.5 Å². The number of ether oxygens (including phenoxy) is 1. The van der Waals surface area contributed by atoms with Gasteiger partial charge < -0.3 is 19.6 Å². The zero-order valence-electron chi connectivity index (χ0n) is 26.4. The third-order valence-electron chi connectivity index (χ3n) is 8.83. The molecule has 0 aliphatic carbocycles. The maximum atomic E-state index is 13.8. The number of rotatable bonds is 11. The number of anilines is 2. The fourth-order valence-corrected chi connectivity index (χ4v) is 8.70. The van der Waals surface area contributed by atoms with Gasteiger partial charge in [-0.15, -0.1) is 0 Å². The van der Waals surface area contributed by atoms with Gasteiger partial charge in [0.25, 0.3) is 0 Å². The smallest absolute Gasteiger partial charge is 0.240 e. The van der Waals surface area contributed by atoms with Crippen molar-refractivity contribution in [2.45, 2.75) is 49.5 Å². The van der Waals surface area contributed by atoms with Crippen molar-refractivity contribution in [1.82, 2.24) is 4.72 Å². The number of nitrogens with zero attached hydrogens (tertiary/aromatic N) is 2. The van der Waals surface area contributed by atoms with Crippen molar-refractivity contribution in [3.63, 3.8) is 0 Å². The van der Waals surface area contributed by atoms with Crippen LogP contribution < -0.4 is 19.3 Å². The summed E-state index contributed by atoms with van der Waals surface area (Å²) >= 11 is -1.96. The number of phenols is 1. The largest absolute Gasteiger partial charge is 0.508 e. The Bertz CT molecular complexity index is 1830. The molecule has 0 saturated carbocycles. The third kappa shape index (κ3) is 5.55. The highest BCUT2D eigenvalue weighted by Gasteiger charge is 2.53. The Labute approximate surface area is 273 Å². The van der Waals surface area contributed by atoms with Gasteiger partial charge in [0.2, 0.25) is 10.0 Å². The highest BCUT2D eigenvalue weighted by atomic mass is 32.2. The number of aromatic hydroxyl groups is 1. The lowest BCUT2D eigenvalue weighted by Crippen LogP contribution is -2.33. The number of nitrogens with one attached hydrogen (secondary N) is 1. The summed E-state index contributed by atoms with van der Waals surface area (Å²) in [5.74, 6) is 1.36. The Morgan fingerprint density at radius 2 is 1.30 bits per heavy atom. The maximum Gasteiger partial charge on any atom is 0.240 e. The van der Waals surface area contributed by atoms with Crippen LogP contribution in [0, 0.1) is 0 Å². The van der Waals surface area contributed by atoms with Gasteiger partial charge in [0, 0.05) is 72.9 Å². The van der Waals surface area contributed by atoms with Crippen LogP contribution in [-0.4, -0.2) is 50.5 Å². The molecule has 0 aromatic heterocycles. The summed E-state index contributed by atoms with van der Waals surface area (Å²) in [5, 5.41) is 9.51. The summed E-state index contributed by atoms with van der Waals surface area (Å²) < 4.78 is 56.2. The molecule has 1 spiro atoms. The molecule has 0 bridgehead atoms. The topological polar surface area (TPSA) is 108 Å². The maximum absolute atomic E-state index is 13.8. The number of sulfonamides is 1.